The van der Waals surface area contributed by atoms with Crippen LogP contribution < -0.4 is 16.1 Å². The van der Waals surface area contributed by atoms with E-state index in [0.29, 0.717) is 6.54 Å². The van der Waals surface area contributed by atoms with E-state index < -0.39 is 28.8 Å². The molecule has 0 spiro atoms. The van der Waals surface area contributed by atoms with Crippen molar-refractivity contribution in [3.05, 3.63) is 57.5 Å². The van der Waals surface area contributed by atoms with Gasteiger partial charge >= 0.3 is 6.18 Å². The van der Waals surface area contributed by atoms with Gasteiger partial charge < -0.3 is 10.6 Å². The summed E-state index contributed by atoms with van der Waals surface area (Å²) in [5, 5.41) is 9.40. The highest BCUT2D eigenvalue weighted by Crippen LogP contribution is 2.33. The lowest BCUT2D eigenvalue weighted by atomic mass is 10.1. The minimum atomic E-state index is -4.60. The highest BCUT2D eigenvalue weighted by molar-refractivity contribution is 5.92. The second-order valence-electron chi connectivity index (χ2n) is 5.53. The maximum Gasteiger partial charge on any atom is 0.418 e. The first-order valence-electron chi connectivity index (χ1n) is 8.02. The monoisotopic (exact) mass is 404 g/mol. The number of amides is 1. The molecule has 27 heavy (non-hydrogen) atoms. The number of nitrogens with zero attached hydrogens (tertiary/aromatic N) is 2. The first-order chi connectivity index (χ1) is 12.3. The molecule has 0 fully saturated rings. The standard InChI is InChI=1S/C17H19F3N4O2.ClH/c1-3-21-8-9-22-16(26)15-14(25)10-11(2)24(23-15)13-7-5-4-6-12(13)17(18,19)20;/h4-7,10,21H,3,8-9H2,1-2H3,(H,22,26);1H. The van der Waals surface area contributed by atoms with Crippen LogP contribution in [0.1, 0.15) is 28.7 Å². The molecule has 2 rings (SSSR count). The van der Waals surface area contributed by atoms with Gasteiger partial charge in [0.1, 0.15) is 0 Å². The van der Waals surface area contributed by atoms with E-state index in [2.05, 4.69) is 15.7 Å². The third kappa shape index (κ3) is 5.54. The summed E-state index contributed by atoms with van der Waals surface area (Å²) in [6.07, 6.45) is -4.60. The minimum Gasteiger partial charge on any atom is -0.349 e. The number of aromatic nitrogens is 2. The number of carbonyl (C=O) groups is 1. The van der Waals surface area contributed by atoms with Crippen molar-refractivity contribution >= 4 is 18.3 Å². The number of hydrogen-bond acceptors (Lipinski definition) is 4. The molecule has 2 aromatic rings. The Bertz CT molecular complexity index is 853. The van der Waals surface area contributed by atoms with Crippen molar-refractivity contribution in [3.63, 3.8) is 0 Å². The van der Waals surface area contributed by atoms with E-state index in [1.54, 1.807) is 0 Å². The molecule has 1 amide bonds. The highest BCUT2D eigenvalue weighted by Gasteiger charge is 2.34. The van der Waals surface area contributed by atoms with Gasteiger partial charge in [-0.15, -0.1) is 12.4 Å². The van der Waals surface area contributed by atoms with Crippen LogP contribution in [0.5, 0.6) is 0 Å². The number of hydrogen-bond donors (Lipinski definition) is 2. The van der Waals surface area contributed by atoms with Crippen molar-refractivity contribution in [2.45, 2.75) is 20.0 Å². The third-order valence-corrected chi connectivity index (χ3v) is 3.60. The summed E-state index contributed by atoms with van der Waals surface area (Å²) in [6.45, 7) is 4.84. The smallest absolute Gasteiger partial charge is 0.349 e. The lowest BCUT2D eigenvalue weighted by Gasteiger charge is -2.16. The molecular formula is C17H20ClF3N4O2. The second-order valence-corrected chi connectivity index (χ2v) is 5.53. The summed E-state index contributed by atoms with van der Waals surface area (Å²) >= 11 is 0. The summed E-state index contributed by atoms with van der Waals surface area (Å²) in [7, 11) is 0. The molecule has 6 nitrogen and oxygen atoms in total. The molecule has 0 atom stereocenters. The van der Waals surface area contributed by atoms with Crippen LogP contribution in [0.15, 0.2) is 35.1 Å². The molecule has 10 heteroatoms. The Morgan fingerprint density at radius 2 is 1.89 bits per heavy atom. The van der Waals surface area contributed by atoms with Gasteiger partial charge in [-0.3, -0.25) is 9.59 Å². The average Bonchev–Trinajstić information content (AvgIpc) is 2.58. The molecule has 0 saturated carbocycles. The summed E-state index contributed by atoms with van der Waals surface area (Å²) < 4.78 is 40.7. The molecule has 1 heterocycles. The fourth-order valence-corrected chi connectivity index (χ4v) is 2.37. The number of alkyl halides is 3. The predicted octanol–water partition coefficient (Wildman–Crippen LogP) is 2.32. The fourth-order valence-electron chi connectivity index (χ4n) is 2.37. The Kier molecular flexibility index (Phi) is 7.98. The van der Waals surface area contributed by atoms with Gasteiger partial charge in [0.05, 0.1) is 11.3 Å². The van der Waals surface area contributed by atoms with Crippen LogP contribution in [0, 0.1) is 6.92 Å². The van der Waals surface area contributed by atoms with E-state index in [1.807, 2.05) is 6.92 Å². The van der Waals surface area contributed by atoms with Gasteiger partial charge in [0, 0.05) is 24.8 Å². The lowest BCUT2D eigenvalue weighted by Crippen LogP contribution is -2.36. The highest BCUT2D eigenvalue weighted by atomic mass is 35.5. The van der Waals surface area contributed by atoms with E-state index in [9.17, 15) is 22.8 Å². The van der Waals surface area contributed by atoms with Crippen LogP contribution in [-0.4, -0.2) is 35.3 Å². The quantitative estimate of drug-likeness (QED) is 0.724. The lowest BCUT2D eigenvalue weighted by molar-refractivity contribution is -0.137. The van der Waals surface area contributed by atoms with Gasteiger partial charge in [-0.05, 0) is 25.6 Å². The van der Waals surface area contributed by atoms with Gasteiger partial charge in [-0.25, -0.2) is 4.68 Å². The molecule has 148 valence electrons. The van der Waals surface area contributed by atoms with Crippen molar-refractivity contribution in [2.24, 2.45) is 0 Å². The van der Waals surface area contributed by atoms with Crippen LogP contribution in [0.25, 0.3) is 5.69 Å². The Morgan fingerprint density at radius 3 is 2.52 bits per heavy atom. The van der Waals surface area contributed by atoms with Gasteiger partial charge in [-0.1, -0.05) is 19.1 Å². The first kappa shape index (κ1) is 22.7. The predicted molar refractivity (Wildman–Crippen MR) is 97.7 cm³/mol. The van der Waals surface area contributed by atoms with Crippen LogP contribution in [0.2, 0.25) is 0 Å². The van der Waals surface area contributed by atoms with Gasteiger partial charge in [0.25, 0.3) is 5.91 Å². The Labute approximate surface area is 160 Å². The number of halogens is 4. The Morgan fingerprint density at radius 1 is 1.22 bits per heavy atom. The largest absolute Gasteiger partial charge is 0.418 e. The topological polar surface area (TPSA) is 76.0 Å². The van der Waals surface area contributed by atoms with E-state index in [1.165, 1.54) is 25.1 Å². The molecule has 0 radical (unpaired) electrons. The number of rotatable bonds is 6. The third-order valence-electron chi connectivity index (χ3n) is 3.60. The summed E-state index contributed by atoms with van der Waals surface area (Å²) in [6, 6.07) is 5.95. The van der Waals surface area contributed by atoms with Crippen LogP contribution in [-0.2, 0) is 6.18 Å². The van der Waals surface area contributed by atoms with Crippen molar-refractivity contribution in [3.8, 4) is 5.69 Å². The van der Waals surface area contributed by atoms with Crippen LogP contribution in [0.3, 0.4) is 0 Å². The van der Waals surface area contributed by atoms with E-state index in [0.717, 1.165) is 23.4 Å². The van der Waals surface area contributed by atoms with Gasteiger partial charge in [-0.2, -0.15) is 18.3 Å². The minimum absolute atomic E-state index is 0. The van der Waals surface area contributed by atoms with Crippen molar-refractivity contribution in [2.75, 3.05) is 19.6 Å². The molecule has 0 aliphatic rings. The summed E-state index contributed by atoms with van der Waals surface area (Å²) in [5.74, 6) is -0.730. The zero-order valence-electron chi connectivity index (χ0n) is 14.8. The molecule has 0 bridgehead atoms. The fraction of sp³-hybridized carbons (Fsp3) is 0.353. The second kappa shape index (κ2) is 9.52. The summed E-state index contributed by atoms with van der Waals surface area (Å²) in [4.78, 5) is 24.2. The molecule has 0 aliphatic carbocycles. The number of aryl methyl sites for hydroxylation is 1. The molecule has 1 aromatic carbocycles. The molecular weight excluding hydrogens is 385 g/mol. The maximum atomic E-state index is 13.3. The number of likely N-dealkylation sites (N-methyl/N-ethyl adjacent to an activating group) is 1. The molecule has 0 unspecified atom stereocenters. The molecule has 2 N–H and O–H groups in total. The molecule has 1 aromatic heterocycles. The number of nitrogens with one attached hydrogen (secondary N) is 2. The zero-order valence-corrected chi connectivity index (χ0v) is 15.6. The maximum absolute atomic E-state index is 13.3. The molecule has 0 saturated heterocycles. The Balaban J connectivity index is 0.00000364. The molecule has 0 aliphatic heterocycles. The van der Waals surface area contributed by atoms with E-state index in [4.69, 9.17) is 0 Å². The van der Waals surface area contributed by atoms with Crippen molar-refractivity contribution in [1.82, 2.24) is 20.4 Å². The number of benzene rings is 1. The van der Waals surface area contributed by atoms with E-state index >= 15 is 0 Å². The van der Waals surface area contributed by atoms with Gasteiger partial charge in [0.15, 0.2) is 5.69 Å². The summed E-state index contributed by atoms with van der Waals surface area (Å²) in [5.41, 5.74) is -2.07. The Hall–Kier alpha value is -2.39. The van der Waals surface area contributed by atoms with Crippen LogP contribution >= 0.6 is 12.4 Å². The average molecular weight is 405 g/mol. The van der Waals surface area contributed by atoms with Crippen LogP contribution in [0.4, 0.5) is 13.2 Å². The van der Waals surface area contributed by atoms with E-state index in [-0.39, 0.29) is 30.3 Å². The van der Waals surface area contributed by atoms with Crippen molar-refractivity contribution < 1.29 is 18.0 Å². The number of carbonyl (C=O) groups excluding carboxylic acids is 1. The van der Waals surface area contributed by atoms with Crippen molar-refractivity contribution in [1.29, 1.82) is 0 Å². The zero-order chi connectivity index (χ0) is 19.3. The normalized spacial score (nSPS) is 11.0. The van der Waals surface area contributed by atoms with Gasteiger partial charge in [0.2, 0.25) is 5.43 Å². The number of para-hydroxylation sites is 1. The first-order valence-corrected chi connectivity index (χ1v) is 8.02. The SMILES string of the molecule is CCNCCNC(=O)c1nn(-c2ccccc2C(F)(F)F)c(C)cc1=O.Cl.